The number of hydrogen-bond donors (Lipinski definition) is 7. The van der Waals surface area contributed by atoms with Crippen LogP contribution in [0.5, 0.6) is 0 Å². The number of nitrogens with two attached hydrogens (primary N) is 1. The third-order valence-electron chi connectivity index (χ3n) is 15.8. The van der Waals surface area contributed by atoms with Gasteiger partial charge in [0.1, 0.15) is 6.04 Å². The van der Waals surface area contributed by atoms with Crippen LogP contribution in [0.2, 0.25) is 0 Å². The molecule has 0 aliphatic carbocycles. The molecule has 9 aromatic rings. The minimum absolute atomic E-state index is 0. The van der Waals surface area contributed by atoms with E-state index in [0.29, 0.717) is 79.4 Å². The standard InChI is InChI=1S/C23H25F3N6O2.C20H21N5O3.C17H17N5O2.C6H12O4S.C3H6F3N.ClH/c1-14-11-27-22(30-18-12-28-32(13-18)19-7-9-34-10-8-19)31-20(14)16-3-5-17(6-4-16)21(33)29-15(2)23(24,25)26;1-13-10-21-20(24-18(13)14-2-4-15(5-3-14)19(26)27)23-16-11-22-25(12-16)17-6-8-28-9-7-17;1-3-24-16(23)13-6-4-12(5-7-13)15-11(2)8-18-17(22-15)21-14-9-19-20-10-14;1-11(7,8)10-6-2-4-9-5-3-6;1-2(7)3(4,5)6;/h3-6,11-13,15,19H,7-10H2,1-2H3,(H,29,33)(H,27,30,31);2-5,10-12,17H,6-9H2,1H3,(H,26,27)(H,21,23,24);4-10H,3H2,1-2H3,(H,19,20)(H,18,21,22);6H,2-5H2,1H3;2H,7H2,1H3;1H/t15-;;;;2-;/m0...0./s1. The highest BCUT2D eigenvalue weighted by Crippen LogP contribution is 2.30. The molecule has 0 saturated carbocycles. The molecule has 3 aromatic carbocycles. The van der Waals surface area contributed by atoms with E-state index in [1.165, 1.54) is 12.1 Å². The molecule has 0 spiro atoms. The fourth-order valence-corrected chi connectivity index (χ4v) is 10.8. The first-order valence-corrected chi connectivity index (χ1v) is 34.7. The molecule has 0 unspecified atom stereocenters. The number of carboxylic acids is 1. The van der Waals surface area contributed by atoms with Crippen molar-refractivity contribution < 1.29 is 77.4 Å². The number of aromatic carboxylic acids is 1. The number of nitrogens with zero attached hydrogens (tertiary/aromatic N) is 11. The topological polar surface area (TPSA) is 368 Å². The number of rotatable bonds is 18. The molecule has 0 radical (unpaired) electrons. The molecular formula is C69H82ClF6N17O11S. The summed E-state index contributed by atoms with van der Waals surface area (Å²) < 4.78 is 122. The number of aromatic amines is 1. The fourth-order valence-electron chi connectivity index (χ4n) is 10.1. The molecule has 564 valence electrons. The lowest BCUT2D eigenvalue weighted by molar-refractivity contribution is -0.149. The normalized spacial score (nSPS) is 14.8. The number of H-pyrrole nitrogens is 1. The predicted molar refractivity (Wildman–Crippen MR) is 380 cm³/mol. The Balaban J connectivity index is 0.000000197. The Hall–Kier alpha value is -10.0. The maximum atomic E-state index is 12.7. The number of alkyl halides is 6. The monoisotopic (exact) mass is 1510 g/mol. The minimum atomic E-state index is -4.50. The maximum Gasteiger partial charge on any atom is 0.408 e. The lowest BCUT2D eigenvalue weighted by atomic mass is 10.1. The Morgan fingerprint density at radius 2 is 0.981 bits per heavy atom. The number of esters is 1. The van der Waals surface area contributed by atoms with E-state index in [9.17, 15) is 49.1 Å². The highest BCUT2D eigenvalue weighted by atomic mass is 35.5. The number of ether oxygens (including phenoxy) is 4. The second-order valence-corrected chi connectivity index (χ2v) is 25.7. The third kappa shape index (κ3) is 25.7. The van der Waals surface area contributed by atoms with Gasteiger partial charge in [-0.1, -0.05) is 36.4 Å². The van der Waals surface area contributed by atoms with Crippen molar-refractivity contribution in [3.05, 3.63) is 162 Å². The first-order valence-electron chi connectivity index (χ1n) is 32.9. The van der Waals surface area contributed by atoms with Crippen LogP contribution in [0.15, 0.2) is 129 Å². The average Bonchev–Trinajstić information content (AvgIpc) is 1.74. The second kappa shape index (κ2) is 38.6. The number of carboxylic acid groups (broad SMARTS) is 1. The molecular weight excluding hydrogens is 1420 g/mol. The van der Waals surface area contributed by atoms with Crippen LogP contribution in [0.3, 0.4) is 0 Å². The summed E-state index contributed by atoms with van der Waals surface area (Å²) in [5.41, 5.74) is 15.0. The quantitative estimate of drug-likeness (QED) is 0.0238. The summed E-state index contributed by atoms with van der Waals surface area (Å²) in [5.74, 6) is -0.742. The number of aromatic nitrogens is 12. The van der Waals surface area contributed by atoms with E-state index in [0.717, 1.165) is 128 Å². The van der Waals surface area contributed by atoms with Crippen molar-refractivity contribution in [1.29, 1.82) is 0 Å². The number of carbonyl (C=O) groups excluding carboxylic acids is 2. The zero-order valence-electron chi connectivity index (χ0n) is 58.3. The molecule has 6 aromatic heterocycles. The van der Waals surface area contributed by atoms with Gasteiger partial charge in [-0.15, -0.1) is 12.4 Å². The number of nitrogens with one attached hydrogen (secondary N) is 5. The Morgan fingerprint density at radius 1 is 0.600 bits per heavy atom. The summed E-state index contributed by atoms with van der Waals surface area (Å²) in [5, 5.41) is 35.9. The molecule has 105 heavy (non-hydrogen) atoms. The SMILES string of the molecule is CCOC(=O)c1ccc(-c2nc(Nc3cn[nH]c3)ncc2C)cc1.CS(=O)(=O)OC1CCOCC1.C[C@H](N)C(F)(F)F.Cc1cnc(Nc2cnn(C3CCOCC3)c2)nc1-c1ccc(C(=O)N[C@@H](C)C(F)(F)F)cc1.Cc1cnc(Nc2cnn(C3CCOCC3)c2)nc1-c1ccc(C(=O)O)cc1.Cl. The van der Waals surface area contributed by atoms with Crippen LogP contribution in [0.1, 0.15) is 119 Å². The lowest BCUT2D eigenvalue weighted by Crippen LogP contribution is -2.43. The van der Waals surface area contributed by atoms with Gasteiger partial charge in [-0.3, -0.25) is 23.4 Å². The molecule has 9 heterocycles. The largest absolute Gasteiger partial charge is 0.478 e. The Bertz CT molecular complexity index is 4350. The Kier molecular flexibility index (Phi) is 30.3. The molecule has 3 aliphatic rings. The van der Waals surface area contributed by atoms with E-state index in [-0.39, 0.29) is 35.6 Å². The first-order chi connectivity index (χ1) is 49.5. The molecule has 3 fully saturated rings. The van der Waals surface area contributed by atoms with E-state index < -0.39 is 46.4 Å². The molecule has 8 N–H and O–H groups in total. The summed E-state index contributed by atoms with van der Waals surface area (Å²) in [6, 6.07) is 17.1. The summed E-state index contributed by atoms with van der Waals surface area (Å²) in [6.45, 7) is 13.8. The van der Waals surface area contributed by atoms with Gasteiger partial charge < -0.3 is 51.1 Å². The van der Waals surface area contributed by atoms with E-state index in [2.05, 4.69) is 72.0 Å². The first kappa shape index (κ1) is 82.2. The molecule has 1 amide bonds. The molecule has 3 aliphatic heterocycles. The van der Waals surface area contributed by atoms with Crippen LogP contribution in [0, 0.1) is 20.8 Å². The van der Waals surface area contributed by atoms with E-state index in [4.69, 9.17) is 28.2 Å². The van der Waals surface area contributed by atoms with Crippen LogP contribution < -0.4 is 27.0 Å². The zero-order valence-corrected chi connectivity index (χ0v) is 59.9. The van der Waals surface area contributed by atoms with Crippen molar-refractivity contribution in [2.75, 3.05) is 68.5 Å². The summed E-state index contributed by atoms with van der Waals surface area (Å²) in [4.78, 5) is 61.6. The summed E-state index contributed by atoms with van der Waals surface area (Å²) in [7, 11) is -3.28. The van der Waals surface area contributed by atoms with Crippen LogP contribution in [0.4, 0.5) is 61.2 Å². The van der Waals surface area contributed by atoms with Crippen molar-refractivity contribution in [2.24, 2.45) is 5.73 Å². The van der Waals surface area contributed by atoms with Gasteiger partial charge in [-0.05, 0) is 133 Å². The fraction of sp³-hybridized carbons (Fsp3) is 0.391. The number of aryl methyl sites for hydroxylation is 3. The van der Waals surface area contributed by atoms with Gasteiger partial charge in [-0.25, -0.2) is 39.5 Å². The van der Waals surface area contributed by atoms with Crippen LogP contribution in [-0.4, -0.2) is 174 Å². The van der Waals surface area contributed by atoms with Gasteiger partial charge in [0.15, 0.2) is 0 Å². The lowest BCUT2D eigenvalue weighted by Gasteiger charge is -2.22. The van der Waals surface area contributed by atoms with Gasteiger partial charge in [0.05, 0.1) is 101 Å². The molecule has 3 saturated heterocycles. The summed E-state index contributed by atoms with van der Waals surface area (Å²) >= 11 is 0. The van der Waals surface area contributed by atoms with Crippen molar-refractivity contribution in [3.63, 3.8) is 0 Å². The second-order valence-electron chi connectivity index (χ2n) is 24.1. The molecule has 12 rings (SSSR count). The van der Waals surface area contributed by atoms with Crippen LogP contribution >= 0.6 is 12.4 Å². The summed E-state index contributed by atoms with van der Waals surface area (Å²) in [6.07, 6.45) is 13.2. The average molecular weight is 1510 g/mol. The van der Waals surface area contributed by atoms with E-state index in [1.54, 1.807) is 98.8 Å². The molecule has 28 nitrogen and oxygen atoms in total. The van der Waals surface area contributed by atoms with Gasteiger partial charge in [0, 0.05) is 99.1 Å². The third-order valence-corrected chi connectivity index (χ3v) is 16.5. The van der Waals surface area contributed by atoms with Crippen molar-refractivity contribution >= 4 is 75.3 Å². The Labute approximate surface area is 607 Å². The van der Waals surface area contributed by atoms with E-state index in [1.807, 2.05) is 60.0 Å². The molecule has 0 bridgehead atoms. The van der Waals surface area contributed by atoms with Gasteiger partial charge in [0.2, 0.25) is 17.8 Å². The number of anilines is 6. The number of carbonyl (C=O) groups is 3. The minimum Gasteiger partial charge on any atom is -0.478 e. The smallest absolute Gasteiger partial charge is 0.408 e. The maximum absolute atomic E-state index is 12.7. The van der Waals surface area contributed by atoms with Crippen LogP contribution in [-0.2, 0) is 33.2 Å². The van der Waals surface area contributed by atoms with Gasteiger partial charge in [0.25, 0.3) is 16.0 Å². The van der Waals surface area contributed by atoms with E-state index >= 15 is 0 Å². The predicted octanol–water partition coefficient (Wildman–Crippen LogP) is 12.4. The van der Waals surface area contributed by atoms with Crippen LogP contribution in [0.25, 0.3) is 33.8 Å². The van der Waals surface area contributed by atoms with Crippen molar-refractivity contribution in [1.82, 2.24) is 65.0 Å². The zero-order chi connectivity index (χ0) is 75.1. The number of benzene rings is 3. The molecule has 36 heteroatoms. The number of hydrogen-bond acceptors (Lipinski definition) is 23. The molecule has 2 atom stereocenters. The van der Waals surface area contributed by atoms with Crippen molar-refractivity contribution in [3.8, 4) is 33.8 Å². The highest BCUT2D eigenvalue weighted by Gasteiger charge is 2.37. The van der Waals surface area contributed by atoms with Crippen molar-refractivity contribution in [2.45, 2.75) is 123 Å². The number of halogens is 7. The van der Waals surface area contributed by atoms with Gasteiger partial charge >= 0.3 is 24.3 Å². The number of amides is 1. The van der Waals surface area contributed by atoms with Gasteiger partial charge in [-0.2, -0.15) is 50.1 Å². The Morgan fingerprint density at radius 3 is 1.33 bits per heavy atom. The highest BCUT2D eigenvalue weighted by molar-refractivity contribution is 7.86.